The van der Waals surface area contributed by atoms with Crippen molar-refractivity contribution in [3.05, 3.63) is 88.5 Å². The Balaban J connectivity index is 1.25. The third-order valence-corrected chi connectivity index (χ3v) is 7.39. The van der Waals surface area contributed by atoms with Crippen molar-refractivity contribution in [3.63, 3.8) is 0 Å². The molecular formula is C28H24ClN5O3. The lowest BCUT2D eigenvalue weighted by molar-refractivity contribution is 0.0696. The zero-order valence-corrected chi connectivity index (χ0v) is 21.1. The van der Waals surface area contributed by atoms with Gasteiger partial charge in [-0.3, -0.25) is 9.36 Å². The van der Waals surface area contributed by atoms with Gasteiger partial charge in [-0.2, -0.15) is 0 Å². The molecule has 0 aliphatic carbocycles. The largest absolute Gasteiger partial charge is 0.478 e. The number of carboxylic acids is 1. The maximum absolute atomic E-state index is 13.3. The number of rotatable bonds is 4. The molecule has 0 fully saturated rings. The van der Waals surface area contributed by atoms with E-state index in [-0.39, 0.29) is 11.5 Å². The van der Waals surface area contributed by atoms with Crippen LogP contribution in [-0.2, 0) is 13.0 Å². The van der Waals surface area contributed by atoms with Crippen molar-refractivity contribution >= 4 is 45.5 Å². The molecule has 1 atom stereocenters. The van der Waals surface area contributed by atoms with Crippen molar-refractivity contribution in [1.82, 2.24) is 24.4 Å². The Bertz CT molecular complexity index is 1740. The van der Waals surface area contributed by atoms with Gasteiger partial charge in [0.05, 0.1) is 43.8 Å². The van der Waals surface area contributed by atoms with Gasteiger partial charge >= 0.3 is 5.97 Å². The molecule has 1 aliphatic heterocycles. The van der Waals surface area contributed by atoms with Crippen LogP contribution in [0.25, 0.3) is 27.8 Å². The molecule has 6 rings (SSSR count). The standard InChI is InChI=1S/C28H24ClN5O3/c1-16-3-7-24-22(11-16)31-25-9-10-28(2,14-33(24)25)32-26(35)19-6-5-18(13-20(19)29)34-15-30-21-12-17(27(36)37)4-8-23(21)34/h3-8,11-13,15H,9-10,14H2,1-2H3,(H,32,35)(H,36,37)/t28-/m1/s1. The van der Waals surface area contributed by atoms with Crippen molar-refractivity contribution in [2.24, 2.45) is 0 Å². The number of carbonyl (C=O) groups excluding carboxylic acids is 1. The van der Waals surface area contributed by atoms with Crippen LogP contribution in [0.5, 0.6) is 0 Å². The van der Waals surface area contributed by atoms with Crippen LogP contribution in [0.4, 0.5) is 0 Å². The van der Waals surface area contributed by atoms with E-state index in [1.807, 2.05) is 4.57 Å². The van der Waals surface area contributed by atoms with E-state index in [9.17, 15) is 14.7 Å². The first-order chi connectivity index (χ1) is 17.7. The summed E-state index contributed by atoms with van der Waals surface area (Å²) >= 11 is 6.59. The number of nitrogens with zero attached hydrogens (tertiary/aromatic N) is 4. The monoisotopic (exact) mass is 513 g/mol. The van der Waals surface area contributed by atoms with Gasteiger partial charge in [0, 0.05) is 18.7 Å². The number of aryl methyl sites for hydroxylation is 2. The summed E-state index contributed by atoms with van der Waals surface area (Å²) in [6.07, 6.45) is 3.16. The molecular weight excluding hydrogens is 490 g/mol. The first-order valence-corrected chi connectivity index (χ1v) is 12.4. The van der Waals surface area contributed by atoms with Crippen molar-refractivity contribution < 1.29 is 14.7 Å². The van der Waals surface area contributed by atoms with Crippen LogP contribution >= 0.6 is 11.6 Å². The average molecular weight is 514 g/mol. The van der Waals surface area contributed by atoms with Crippen molar-refractivity contribution in [2.45, 2.75) is 38.8 Å². The molecule has 3 heterocycles. The van der Waals surface area contributed by atoms with E-state index in [1.54, 1.807) is 30.6 Å². The van der Waals surface area contributed by atoms with Gasteiger partial charge in [0.15, 0.2) is 0 Å². The van der Waals surface area contributed by atoms with Gasteiger partial charge in [0.2, 0.25) is 0 Å². The van der Waals surface area contributed by atoms with Crippen LogP contribution < -0.4 is 5.32 Å². The third-order valence-electron chi connectivity index (χ3n) is 7.08. The maximum Gasteiger partial charge on any atom is 0.335 e. The summed E-state index contributed by atoms with van der Waals surface area (Å²) in [5.74, 6) is -0.198. The lowest BCUT2D eigenvalue weighted by Crippen LogP contribution is -2.51. The van der Waals surface area contributed by atoms with Crippen LogP contribution in [0.3, 0.4) is 0 Å². The summed E-state index contributed by atoms with van der Waals surface area (Å²) in [5, 5.41) is 12.8. The minimum absolute atomic E-state index is 0.171. The van der Waals surface area contributed by atoms with E-state index < -0.39 is 11.5 Å². The molecule has 1 amide bonds. The Morgan fingerprint density at radius 3 is 2.65 bits per heavy atom. The molecule has 1 aliphatic rings. The van der Waals surface area contributed by atoms with Gasteiger partial charge in [-0.25, -0.2) is 14.8 Å². The molecule has 0 saturated heterocycles. The highest BCUT2D eigenvalue weighted by atomic mass is 35.5. The molecule has 5 aromatic rings. The van der Waals surface area contributed by atoms with E-state index in [1.165, 1.54) is 17.7 Å². The van der Waals surface area contributed by atoms with Gasteiger partial charge < -0.3 is 15.0 Å². The molecule has 0 unspecified atom stereocenters. The summed E-state index contributed by atoms with van der Waals surface area (Å²) in [4.78, 5) is 33.7. The first kappa shape index (κ1) is 23.2. The number of aromatic carboxylic acids is 1. The summed E-state index contributed by atoms with van der Waals surface area (Å²) in [6.45, 7) is 4.74. The predicted molar refractivity (Wildman–Crippen MR) is 142 cm³/mol. The smallest absolute Gasteiger partial charge is 0.335 e. The number of aromatic nitrogens is 4. The normalized spacial score (nSPS) is 17.2. The number of benzene rings is 3. The van der Waals surface area contributed by atoms with Gasteiger partial charge in [0.1, 0.15) is 12.2 Å². The Morgan fingerprint density at radius 1 is 1.05 bits per heavy atom. The van der Waals surface area contributed by atoms with Gasteiger partial charge in [-0.05, 0) is 74.4 Å². The van der Waals surface area contributed by atoms with E-state index in [0.717, 1.165) is 40.9 Å². The van der Waals surface area contributed by atoms with E-state index in [2.05, 4.69) is 46.9 Å². The summed E-state index contributed by atoms with van der Waals surface area (Å²) in [6, 6.07) is 16.3. The lowest BCUT2D eigenvalue weighted by Gasteiger charge is -2.35. The maximum atomic E-state index is 13.3. The molecule has 0 radical (unpaired) electrons. The third kappa shape index (κ3) is 4.03. The van der Waals surface area contributed by atoms with Crippen LogP contribution in [0, 0.1) is 6.92 Å². The second kappa shape index (κ2) is 8.45. The number of hydrogen-bond acceptors (Lipinski definition) is 4. The van der Waals surface area contributed by atoms with Crippen LogP contribution in [0.2, 0.25) is 5.02 Å². The van der Waals surface area contributed by atoms with Gasteiger partial charge in [0.25, 0.3) is 5.91 Å². The number of amides is 1. The SMILES string of the molecule is Cc1ccc2c(c1)nc1n2C[C@](C)(NC(=O)c2ccc(-n3cnc4cc(C(=O)O)ccc43)cc2Cl)CC1. The molecule has 3 aromatic carbocycles. The van der Waals surface area contributed by atoms with E-state index >= 15 is 0 Å². The molecule has 2 aromatic heterocycles. The molecule has 0 bridgehead atoms. The molecule has 8 nitrogen and oxygen atoms in total. The van der Waals surface area contributed by atoms with E-state index in [4.69, 9.17) is 16.6 Å². The van der Waals surface area contributed by atoms with Gasteiger partial charge in [-0.15, -0.1) is 0 Å². The molecule has 2 N–H and O–H groups in total. The van der Waals surface area contributed by atoms with Crippen LogP contribution in [-0.4, -0.2) is 41.6 Å². The Hall–Kier alpha value is -4.17. The number of nitrogens with one attached hydrogen (secondary N) is 1. The molecule has 9 heteroatoms. The molecule has 186 valence electrons. The lowest BCUT2D eigenvalue weighted by atomic mass is 9.91. The zero-order valence-electron chi connectivity index (χ0n) is 20.3. The highest BCUT2D eigenvalue weighted by Crippen LogP contribution is 2.30. The minimum Gasteiger partial charge on any atom is -0.478 e. The van der Waals surface area contributed by atoms with Crippen LogP contribution in [0.15, 0.2) is 60.9 Å². The minimum atomic E-state index is -1.01. The van der Waals surface area contributed by atoms with Crippen molar-refractivity contribution in [2.75, 3.05) is 0 Å². The Morgan fingerprint density at radius 2 is 1.86 bits per heavy atom. The summed E-state index contributed by atoms with van der Waals surface area (Å²) < 4.78 is 4.01. The fourth-order valence-corrected chi connectivity index (χ4v) is 5.37. The van der Waals surface area contributed by atoms with E-state index in [0.29, 0.717) is 22.6 Å². The number of hydrogen-bond donors (Lipinski definition) is 2. The zero-order chi connectivity index (χ0) is 25.9. The van der Waals surface area contributed by atoms with Crippen LogP contribution in [0.1, 0.15) is 45.4 Å². The highest BCUT2D eigenvalue weighted by Gasteiger charge is 2.33. The number of carbonyl (C=O) groups is 2. The first-order valence-electron chi connectivity index (χ1n) is 12.0. The fraction of sp³-hybridized carbons (Fsp3) is 0.214. The fourth-order valence-electron chi connectivity index (χ4n) is 5.11. The highest BCUT2D eigenvalue weighted by molar-refractivity contribution is 6.34. The topological polar surface area (TPSA) is 102 Å². The van der Waals surface area contributed by atoms with Crippen molar-refractivity contribution in [3.8, 4) is 5.69 Å². The molecule has 0 spiro atoms. The summed E-state index contributed by atoms with van der Waals surface area (Å²) in [5.41, 5.74) is 5.36. The number of carboxylic acid groups (broad SMARTS) is 1. The predicted octanol–water partition coefficient (Wildman–Crippen LogP) is 5.17. The number of imidazole rings is 2. The number of fused-ring (bicyclic) bond motifs is 4. The Kier molecular flexibility index (Phi) is 5.31. The number of halogens is 1. The Labute approximate surface area is 217 Å². The van der Waals surface area contributed by atoms with Gasteiger partial charge in [-0.1, -0.05) is 17.7 Å². The second-order valence-corrected chi connectivity index (χ2v) is 10.3. The molecule has 37 heavy (non-hydrogen) atoms. The molecule has 0 saturated carbocycles. The second-order valence-electron chi connectivity index (χ2n) is 9.91. The van der Waals surface area contributed by atoms with Crippen molar-refractivity contribution in [1.29, 1.82) is 0 Å². The quantitative estimate of drug-likeness (QED) is 0.345. The summed E-state index contributed by atoms with van der Waals surface area (Å²) in [7, 11) is 0. The average Bonchev–Trinajstić information content (AvgIpc) is 3.43.